The summed E-state index contributed by atoms with van der Waals surface area (Å²) in [7, 11) is 0. The Kier molecular flexibility index (Phi) is 4.27. The molecule has 0 bridgehead atoms. The molecule has 2 aliphatic rings. The second kappa shape index (κ2) is 5.98. The van der Waals surface area contributed by atoms with Crippen LogP contribution in [0.1, 0.15) is 24.8 Å². The first-order valence-corrected chi connectivity index (χ1v) is 8.49. The van der Waals surface area contributed by atoms with Gasteiger partial charge in [0.25, 0.3) is 0 Å². The number of anilines is 1. The molecule has 0 N–H and O–H groups in total. The van der Waals surface area contributed by atoms with Crippen LogP contribution in [0.25, 0.3) is 0 Å². The molecule has 3 heteroatoms. The van der Waals surface area contributed by atoms with Crippen molar-refractivity contribution in [3.8, 4) is 0 Å². The minimum atomic E-state index is 0.536. The standard InChI is InChI=1S/C17H26N2S/c1-15-4-2-5-16(12-15)19-10-8-18(9-11-19)13-17(14-20)6-3-7-17/h2,4-5,12,20H,3,6-11,13-14H2,1H3. The molecule has 3 rings (SSSR count). The number of piperazine rings is 1. The van der Waals surface area contributed by atoms with Gasteiger partial charge >= 0.3 is 0 Å². The number of rotatable bonds is 4. The van der Waals surface area contributed by atoms with Crippen LogP contribution >= 0.6 is 12.6 Å². The Hall–Kier alpha value is -0.670. The quantitative estimate of drug-likeness (QED) is 0.851. The molecule has 1 saturated heterocycles. The summed E-state index contributed by atoms with van der Waals surface area (Å²) in [5, 5.41) is 0. The molecule has 1 heterocycles. The highest BCUT2D eigenvalue weighted by Crippen LogP contribution is 2.42. The van der Waals surface area contributed by atoms with Gasteiger partial charge in [0, 0.05) is 38.4 Å². The van der Waals surface area contributed by atoms with Crippen molar-refractivity contribution in [1.82, 2.24) is 4.90 Å². The van der Waals surface area contributed by atoms with Crippen LogP contribution in [-0.4, -0.2) is 43.4 Å². The smallest absolute Gasteiger partial charge is 0.0369 e. The van der Waals surface area contributed by atoms with E-state index in [-0.39, 0.29) is 0 Å². The first-order valence-electron chi connectivity index (χ1n) is 7.86. The van der Waals surface area contributed by atoms with E-state index in [1.54, 1.807) is 0 Å². The van der Waals surface area contributed by atoms with Crippen LogP contribution in [0.5, 0.6) is 0 Å². The largest absolute Gasteiger partial charge is 0.369 e. The molecule has 110 valence electrons. The number of benzene rings is 1. The van der Waals surface area contributed by atoms with Gasteiger partial charge in [-0.3, -0.25) is 4.90 Å². The fourth-order valence-electron chi connectivity index (χ4n) is 3.51. The van der Waals surface area contributed by atoms with E-state index in [0.29, 0.717) is 5.41 Å². The van der Waals surface area contributed by atoms with Crippen molar-refractivity contribution in [2.45, 2.75) is 26.2 Å². The molecular formula is C17H26N2S. The summed E-state index contributed by atoms with van der Waals surface area (Å²) in [6.45, 7) is 8.15. The van der Waals surface area contributed by atoms with Gasteiger partial charge in [0.15, 0.2) is 0 Å². The lowest BCUT2D eigenvalue weighted by Gasteiger charge is -2.46. The Labute approximate surface area is 128 Å². The molecule has 1 aliphatic carbocycles. The number of hydrogen-bond acceptors (Lipinski definition) is 3. The van der Waals surface area contributed by atoms with Crippen LogP contribution in [0.3, 0.4) is 0 Å². The van der Waals surface area contributed by atoms with E-state index in [4.69, 9.17) is 0 Å². The van der Waals surface area contributed by atoms with Crippen LogP contribution in [0, 0.1) is 12.3 Å². The Morgan fingerprint density at radius 1 is 1.15 bits per heavy atom. The lowest BCUT2D eigenvalue weighted by Crippen LogP contribution is -2.52. The maximum absolute atomic E-state index is 4.58. The Bertz CT molecular complexity index is 443. The fourth-order valence-corrected chi connectivity index (χ4v) is 3.92. The molecular weight excluding hydrogens is 264 g/mol. The summed E-state index contributed by atoms with van der Waals surface area (Å²) in [5.74, 6) is 1.06. The van der Waals surface area contributed by atoms with Gasteiger partial charge in [0.2, 0.25) is 0 Å². The Morgan fingerprint density at radius 2 is 1.90 bits per heavy atom. The molecule has 2 fully saturated rings. The van der Waals surface area contributed by atoms with E-state index in [0.717, 1.165) is 18.8 Å². The van der Waals surface area contributed by atoms with Gasteiger partial charge in [-0.15, -0.1) is 0 Å². The van der Waals surface area contributed by atoms with E-state index >= 15 is 0 Å². The highest BCUT2D eigenvalue weighted by atomic mass is 32.1. The first kappa shape index (κ1) is 14.3. The van der Waals surface area contributed by atoms with Gasteiger partial charge in [0.05, 0.1) is 0 Å². The molecule has 1 aromatic rings. The number of aryl methyl sites for hydroxylation is 1. The normalized spacial score (nSPS) is 22.6. The maximum atomic E-state index is 4.58. The highest BCUT2D eigenvalue weighted by Gasteiger charge is 2.37. The molecule has 0 spiro atoms. The Morgan fingerprint density at radius 3 is 2.45 bits per heavy atom. The highest BCUT2D eigenvalue weighted by molar-refractivity contribution is 7.80. The van der Waals surface area contributed by atoms with Crippen LogP contribution in [-0.2, 0) is 0 Å². The molecule has 1 aromatic carbocycles. The van der Waals surface area contributed by atoms with Crippen molar-refractivity contribution in [2.75, 3.05) is 43.4 Å². The van der Waals surface area contributed by atoms with Gasteiger partial charge in [0.1, 0.15) is 0 Å². The molecule has 0 amide bonds. The molecule has 1 saturated carbocycles. The van der Waals surface area contributed by atoms with E-state index in [2.05, 4.69) is 53.6 Å². The molecule has 20 heavy (non-hydrogen) atoms. The molecule has 2 nitrogen and oxygen atoms in total. The van der Waals surface area contributed by atoms with Crippen molar-refractivity contribution in [3.05, 3.63) is 29.8 Å². The van der Waals surface area contributed by atoms with Crippen LogP contribution < -0.4 is 4.90 Å². The van der Waals surface area contributed by atoms with Crippen LogP contribution in [0.2, 0.25) is 0 Å². The monoisotopic (exact) mass is 290 g/mol. The summed E-state index contributed by atoms with van der Waals surface area (Å²) < 4.78 is 0. The van der Waals surface area contributed by atoms with E-state index in [1.165, 1.54) is 50.1 Å². The van der Waals surface area contributed by atoms with Gasteiger partial charge < -0.3 is 4.90 Å². The van der Waals surface area contributed by atoms with Gasteiger partial charge in [-0.25, -0.2) is 0 Å². The number of nitrogens with zero attached hydrogens (tertiary/aromatic N) is 2. The fraction of sp³-hybridized carbons (Fsp3) is 0.647. The molecule has 0 radical (unpaired) electrons. The predicted octanol–water partition coefficient (Wildman–Crippen LogP) is 3.22. The van der Waals surface area contributed by atoms with Crippen molar-refractivity contribution < 1.29 is 0 Å². The third kappa shape index (κ3) is 2.99. The zero-order chi connectivity index (χ0) is 14.0. The van der Waals surface area contributed by atoms with Crippen molar-refractivity contribution in [3.63, 3.8) is 0 Å². The van der Waals surface area contributed by atoms with Crippen LogP contribution in [0.4, 0.5) is 5.69 Å². The Balaban J connectivity index is 1.54. The van der Waals surface area contributed by atoms with E-state index in [9.17, 15) is 0 Å². The summed E-state index contributed by atoms with van der Waals surface area (Å²) >= 11 is 4.58. The van der Waals surface area contributed by atoms with Crippen LogP contribution in [0.15, 0.2) is 24.3 Å². The van der Waals surface area contributed by atoms with Crippen molar-refractivity contribution in [1.29, 1.82) is 0 Å². The minimum absolute atomic E-state index is 0.536. The zero-order valence-electron chi connectivity index (χ0n) is 12.5. The van der Waals surface area contributed by atoms with Gasteiger partial charge in [-0.1, -0.05) is 18.6 Å². The molecule has 0 unspecified atom stereocenters. The van der Waals surface area contributed by atoms with E-state index < -0.39 is 0 Å². The summed E-state index contributed by atoms with van der Waals surface area (Å²) in [6.07, 6.45) is 4.17. The zero-order valence-corrected chi connectivity index (χ0v) is 13.4. The number of thiol groups is 1. The SMILES string of the molecule is Cc1cccc(N2CCN(CC3(CS)CCC3)CC2)c1. The van der Waals surface area contributed by atoms with Gasteiger partial charge in [-0.05, 0) is 48.6 Å². The molecule has 0 atom stereocenters. The van der Waals surface area contributed by atoms with Crippen molar-refractivity contribution >= 4 is 18.3 Å². The summed E-state index contributed by atoms with van der Waals surface area (Å²) in [4.78, 5) is 5.18. The topological polar surface area (TPSA) is 6.48 Å². The lowest BCUT2D eigenvalue weighted by molar-refractivity contribution is 0.0869. The average molecular weight is 290 g/mol. The lowest BCUT2D eigenvalue weighted by atomic mass is 9.70. The third-order valence-electron chi connectivity index (χ3n) is 5.05. The first-order chi connectivity index (χ1) is 9.71. The van der Waals surface area contributed by atoms with Crippen molar-refractivity contribution in [2.24, 2.45) is 5.41 Å². The maximum Gasteiger partial charge on any atom is 0.0369 e. The second-order valence-corrected chi connectivity index (χ2v) is 6.93. The summed E-state index contributed by atoms with van der Waals surface area (Å²) in [6, 6.07) is 8.88. The number of hydrogen-bond donors (Lipinski definition) is 1. The average Bonchev–Trinajstić information content (AvgIpc) is 2.44. The van der Waals surface area contributed by atoms with E-state index in [1.807, 2.05) is 0 Å². The minimum Gasteiger partial charge on any atom is -0.369 e. The predicted molar refractivity (Wildman–Crippen MR) is 90.0 cm³/mol. The molecule has 0 aromatic heterocycles. The summed E-state index contributed by atoms with van der Waals surface area (Å²) in [5.41, 5.74) is 3.28. The van der Waals surface area contributed by atoms with Gasteiger partial charge in [-0.2, -0.15) is 12.6 Å². The second-order valence-electron chi connectivity index (χ2n) is 6.61. The third-order valence-corrected chi connectivity index (χ3v) is 5.72. The molecule has 1 aliphatic heterocycles.